The Kier molecular flexibility index (Phi) is 8.79. The van der Waals surface area contributed by atoms with Gasteiger partial charge in [-0.3, -0.25) is 9.59 Å². The Labute approximate surface area is 234 Å². The lowest BCUT2D eigenvalue weighted by atomic mass is 10.0. The van der Waals surface area contributed by atoms with E-state index in [1.54, 1.807) is 20.8 Å². The van der Waals surface area contributed by atoms with Crippen LogP contribution in [0.2, 0.25) is 0 Å². The fraction of sp³-hybridized carbons (Fsp3) is 0.741. The van der Waals surface area contributed by atoms with Gasteiger partial charge in [-0.15, -0.1) is 10.2 Å². The minimum atomic E-state index is -1.39. The van der Waals surface area contributed by atoms with Crippen molar-refractivity contribution in [1.29, 1.82) is 0 Å². The second kappa shape index (κ2) is 11.9. The highest BCUT2D eigenvalue weighted by molar-refractivity contribution is 5.96. The number of carboxylic acid groups (broad SMARTS) is 1. The molecule has 1 aromatic heterocycles. The van der Waals surface area contributed by atoms with E-state index in [0.717, 1.165) is 25.7 Å². The van der Waals surface area contributed by atoms with Gasteiger partial charge in [0, 0.05) is 25.3 Å². The molecule has 0 aromatic carbocycles. The van der Waals surface area contributed by atoms with Crippen molar-refractivity contribution in [3.05, 3.63) is 18.0 Å². The number of allylic oxidation sites excluding steroid dienone is 1. The van der Waals surface area contributed by atoms with Gasteiger partial charge in [0.25, 0.3) is 0 Å². The third-order valence-electron chi connectivity index (χ3n) is 7.60. The third-order valence-corrected chi connectivity index (χ3v) is 7.60. The van der Waals surface area contributed by atoms with Gasteiger partial charge in [0.15, 0.2) is 5.82 Å². The van der Waals surface area contributed by atoms with Crippen LogP contribution < -0.4 is 10.6 Å². The van der Waals surface area contributed by atoms with E-state index in [1.165, 1.54) is 9.70 Å². The maximum absolute atomic E-state index is 14.0. The molecule has 2 aliphatic heterocycles. The molecule has 0 radical (unpaired) electrons. The number of aromatic nitrogens is 4. The van der Waals surface area contributed by atoms with E-state index in [1.807, 2.05) is 19.1 Å². The first-order valence-corrected chi connectivity index (χ1v) is 14.2. The summed E-state index contributed by atoms with van der Waals surface area (Å²) < 4.78 is 5.42. The van der Waals surface area contributed by atoms with Gasteiger partial charge < -0.3 is 25.4 Å². The molecule has 1 saturated carbocycles. The normalized spacial score (nSPS) is 30.2. The summed E-state index contributed by atoms with van der Waals surface area (Å²) in [6, 6.07) is -2.31. The maximum Gasteiger partial charge on any atom is 0.408 e. The summed E-state index contributed by atoms with van der Waals surface area (Å²) in [6.07, 6.45) is 8.60. The summed E-state index contributed by atoms with van der Waals surface area (Å²) >= 11 is 0. The molecule has 13 heteroatoms. The number of nitrogens with one attached hydrogen (secondary N) is 2. The molecule has 5 atom stereocenters. The van der Waals surface area contributed by atoms with Crippen LogP contribution in [0.25, 0.3) is 0 Å². The lowest BCUT2D eigenvalue weighted by molar-refractivity contribution is -0.145. The van der Waals surface area contributed by atoms with Gasteiger partial charge in [0.05, 0.1) is 6.04 Å². The van der Waals surface area contributed by atoms with Crippen LogP contribution >= 0.6 is 0 Å². The van der Waals surface area contributed by atoms with Crippen molar-refractivity contribution in [3.8, 4) is 0 Å². The number of amides is 3. The summed E-state index contributed by atoms with van der Waals surface area (Å²) in [6.45, 7) is 7.35. The number of carboxylic acids is 1. The number of fused-ring (bicyclic) bond motifs is 2. The minimum absolute atomic E-state index is 0.120. The molecule has 220 valence electrons. The topological polar surface area (TPSA) is 169 Å². The van der Waals surface area contributed by atoms with Gasteiger partial charge in [-0.05, 0) is 58.1 Å². The van der Waals surface area contributed by atoms with Crippen LogP contribution in [0.3, 0.4) is 0 Å². The largest absolute Gasteiger partial charge is 0.479 e. The van der Waals surface area contributed by atoms with Crippen LogP contribution in [-0.4, -0.2) is 83.9 Å². The Morgan fingerprint density at radius 3 is 2.73 bits per heavy atom. The summed E-state index contributed by atoms with van der Waals surface area (Å²) in [7, 11) is 0. The predicted octanol–water partition coefficient (Wildman–Crippen LogP) is 2.14. The molecule has 1 saturated heterocycles. The third kappa shape index (κ3) is 6.79. The number of tetrazole rings is 1. The first-order valence-electron chi connectivity index (χ1n) is 14.2. The fourth-order valence-corrected chi connectivity index (χ4v) is 5.43. The lowest BCUT2D eigenvalue weighted by Gasteiger charge is -2.30. The van der Waals surface area contributed by atoms with Crippen molar-refractivity contribution in [2.24, 2.45) is 5.92 Å². The van der Waals surface area contributed by atoms with Crippen molar-refractivity contribution in [2.75, 3.05) is 6.54 Å². The minimum Gasteiger partial charge on any atom is -0.479 e. The van der Waals surface area contributed by atoms with Crippen LogP contribution in [0.15, 0.2) is 12.2 Å². The van der Waals surface area contributed by atoms with Crippen molar-refractivity contribution < 1.29 is 29.0 Å². The predicted molar refractivity (Wildman–Crippen MR) is 143 cm³/mol. The van der Waals surface area contributed by atoms with Gasteiger partial charge in [0.1, 0.15) is 23.2 Å². The highest BCUT2D eigenvalue weighted by Crippen LogP contribution is 2.45. The van der Waals surface area contributed by atoms with Crippen molar-refractivity contribution in [2.45, 2.75) is 115 Å². The number of carbonyl (C=O) groups excluding carboxylic acids is 3. The fourth-order valence-electron chi connectivity index (χ4n) is 5.43. The number of aliphatic carboxylic acids is 1. The standard InChI is InChI=1S/C27H41N7O6/c1-5-11-21-30-32-34(31-21)18-14-20-22(35)29-27(24(37)38)15-17(27)12-9-7-6-8-10-13-19(23(36)33(20)16-18)28-25(39)40-26(2,3)4/h9,12,17-20H,5-8,10-11,13-16H2,1-4H3,(H,28,39)(H,29,35)(H,37,38)/b12-9-/t17-,18+,19-,20-,27+/m0/s1. The van der Waals surface area contributed by atoms with Crippen LogP contribution in [0.5, 0.6) is 0 Å². The number of ether oxygens (including phenoxy) is 1. The number of hydrogen-bond donors (Lipinski definition) is 3. The van der Waals surface area contributed by atoms with Crippen molar-refractivity contribution in [1.82, 2.24) is 35.7 Å². The molecule has 3 amide bonds. The molecule has 3 aliphatic rings. The molecule has 0 spiro atoms. The molecule has 1 aromatic rings. The molecule has 3 heterocycles. The summed E-state index contributed by atoms with van der Waals surface area (Å²) in [4.78, 5) is 55.4. The number of nitrogens with zero attached hydrogens (tertiary/aromatic N) is 5. The molecule has 13 nitrogen and oxygen atoms in total. The Morgan fingerprint density at radius 1 is 1.25 bits per heavy atom. The van der Waals surface area contributed by atoms with Gasteiger partial charge in [-0.25, -0.2) is 9.59 Å². The highest BCUT2D eigenvalue weighted by atomic mass is 16.6. The molecule has 3 N–H and O–H groups in total. The molecule has 4 rings (SSSR count). The highest BCUT2D eigenvalue weighted by Gasteiger charge is 2.61. The second-order valence-electron chi connectivity index (χ2n) is 12.0. The van der Waals surface area contributed by atoms with Crippen molar-refractivity contribution in [3.63, 3.8) is 0 Å². The number of hydrogen-bond acceptors (Lipinski definition) is 8. The monoisotopic (exact) mass is 559 g/mol. The zero-order chi connectivity index (χ0) is 29.1. The second-order valence-corrected chi connectivity index (χ2v) is 12.0. The molecular formula is C27H41N7O6. The SMILES string of the molecule is CCCc1nnn([C@@H]2C[C@H]3C(=O)N[C@]4(C(=O)O)C[C@@H]4/C=C\CCCCC[C@H](NC(=O)OC(C)(C)C)C(=O)N3C2)n1. The van der Waals surface area contributed by atoms with Gasteiger partial charge in [-0.2, -0.15) is 4.80 Å². The number of aryl methyl sites for hydroxylation is 1. The Bertz CT molecular complexity index is 1140. The van der Waals surface area contributed by atoms with E-state index in [0.29, 0.717) is 31.5 Å². The average molecular weight is 560 g/mol. The van der Waals surface area contributed by atoms with Gasteiger partial charge in [0.2, 0.25) is 11.8 Å². The van der Waals surface area contributed by atoms with Crippen LogP contribution in [0.1, 0.15) is 90.9 Å². The van der Waals surface area contributed by atoms with E-state index in [4.69, 9.17) is 4.74 Å². The quantitative estimate of drug-likeness (QED) is 0.458. The first-order chi connectivity index (χ1) is 18.9. The van der Waals surface area contributed by atoms with Crippen molar-refractivity contribution >= 4 is 23.9 Å². The molecule has 40 heavy (non-hydrogen) atoms. The number of alkyl carbamates (subject to hydrolysis) is 1. The van der Waals surface area contributed by atoms with E-state index in [2.05, 4.69) is 26.0 Å². The lowest BCUT2D eigenvalue weighted by Crippen LogP contribution is -2.56. The van der Waals surface area contributed by atoms with E-state index >= 15 is 0 Å². The van der Waals surface area contributed by atoms with Gasteiger partial charge in [-0.1, -0.05) is 31.9 Å². The van der Waals surface area contributed by atoms with Crippen LogP contribution in [0.4, 0.5) is 4.79 Å². The molecular weight excluding hydrogens is 518 g/mol. The summed E-state index contributed by atoms with van der Waals surface area (Å²) in [5.41, 5.74) is -2.14. The summed E-state index contributed by atoms with van der Waals surface area (Å²) in [5, 5.41) is 28.2. The Balaban J connectivity index is 1.63. The Hall–Kier alpha value is -3.51. The van der Waals surface area contributed by atoms with Crippen LogP contribution in [0, 0.1) is 5.92 Å². The number of rotatable bonds is 5. The maximum atomic E-state index is 14.0. The Morgan fingerprint density at radius 2 is 2.02 bits per heavy atom. The molecule has 1 aliphatic carbocycles. The molecule has 0 bridgehead atoms. The zero-order valence-corrected chi connectivity index (χ0v) is 23.8. The summed E-state index contributed by atoms with van der Waals surface area (Å²) in [5.74, 6) is -1.81. The zero-order valence-electron chi connectivity index (χ0n) is 23.8. The van der Waals surface area contributed by atoms with E-state index < -0.39 is 53.1 Å². The van der Waals surface area contributed by atoms with Gasteiger partial charge >= 0.3 is 12.1 Å². The average Bonchev–Trinajstić information content (AvgIpc) is 3.18. The smallest absolute Gasteiger partial charge is 0.408 e. The first kappa shape index (κ1) is 29.5. The molecule has 2 fully saturated rings. The van der Waals surface area contributed by atoms with E-state index in [9.17, 15) is 24.3 Å². The van der Waals surface area contributed by atoms with Crippen LogP contribution in [-0.2, 0) is 25.5 Å². The van der Waals surface area contributed by atoms with E-state index in [-0.39, 0.29) is 18.9 Å². The number of carbonyl (C=O) groups is 4. The molecule has 0 unspecified atom stereocenters.